The maximum Gasteiger partial charge on any atom is 0.246 e. The molecule has 0 aliphatic carbocycles. The highest BCUT2D eigenvalue weighted by Crippen LogP contribution is 2.24. The first-order valence-electron chi connectivity index (χ1n) is 10.4. The normalized spacial score (nSPS) is 12.1. The molecule has 0 aliphatic heterocycles. The molecule has 2 aromatic carbocycles. The van der Waals surface area contributed by atoms with Crippen LogP contribution in [0.25, 0.3) is 5.65 Å². The average Bonchev–Trinajstić information content (AvgIpc) is 3.22. The summed E-state index contributed by atoms with van der Waals surface area (Å²) >= 11 is 0. The van der Waals surface area contributed by atoms with Gasteiger partial charge >= 0.3 is 0 Å². The van der Waals surface area contributed by atoms with Crippen molar-refractivity contribution >= 4 is 17.2 Å². The van der Waals surface area contributed by atoms with E-state index in [1.165, 1.54) is 0 Å². The summed E-state index contributed by atoms with van der Waals surface area (Å²) in [6, 6.07) is 22.8. The molecular formula is C25H26N4O2. The van der Waals surface area contributed by atoms with Gasteiger partial charge < -0.3 is 14.5 Å². The Morgan fingerprint density at radius 1 is 1.10 bits per heavy atom. The summed E-state index contributed by atoms with van der Waals surface area (Å²) in [5, 5.41) is 3.04. The van der Waals surface area contributed by atoms with E-state index < -0.39 is 0 Å². The summed E-state index contributed by atoms with van der Waals surface area (Å²) in [6.07, 6.45) is 3.91. The number of anilines is 1. The molecule has 0 saturated carbocycles. The van der Waals surface area contributed by atoms with Gasteiger partial charge in [0.2, 0.25) is 5.91 Å². The minimum absolute atomic E-state index is 0.0759. The number of fused-ring (bicyclic) bond motifs is 1. The number of carbonyl (C=O) groups excluding carboxylic acids is 1. The third-order valence-electron chi connectivity index (χ3n) is 5.21. The highest BCUT2D eigenvalue weighted by molar-refractivity contribution is 5.95. The standard InChI is InChI=1S/C25H26N4O2/c1-3-28(2)24(19-10-5-4-6-11-19)25(30)27-20-12-9-13-22(16-20)31-18-21-17-29-15-8-7-14-23(29)26-21/h4-17,24H,3,18H2,1-2H3,(H,27,30). The van der Waals surface area contributed by atoms with Crippen molar-refractivity contribution in [3.05, 3.63) is 96.4 Å². The molecule has 158 valence electrons. The van der Waals surface area contributed by atoms with Crippen LogP contribution in [-0.4, -0.2) is 33.8 Å². The molecule has 0 saturated heterocycles. The van der Waals surface area contributed by atoms with Gasteiger partial charge in [0.25, 0.3) is 0 Å². The van der Waals surface area contributed by atoms with Crippen LogP contribution in [0.3, 0.4) is 0 Å². The molecule has 0 radical (unpaired) electrons. The molecule has 0 spiro atoms. The van der Waals surface area contributed by atoms with Crippen molar-refractivity contribution in [3.63, 3.8) is 0 Å². The summed E-state index contributed by atoms with van der Waals surface area (Å²) in [5.41, 5.74) is 3.38. The van der Waals surface area contributed by atoms with Crippen molar-refractivity contribution < 1.29 is 9.53 Å². The van der Waals surface area contributed by atoms with Gasteiger partial charge in [0.05, 0.1) is 5.69 Å². The second-order valence-electron chi connectivity index (χ2n) is 7.39. The molecule has 6 nitrogen and oxygen atoms in total. The fourth-order valence-electron chi connectivity index (χ4n) is 3.51. The maximum absolute atomic E-state index is 13.1. The van der Waals surface area contributed by atoms with Gasteiger partial charge in [-0.2, -0.15) is 0 Å². The van der Waals surface area contributed by atoms with E-state index in [2.05, 4.69) is 10.3 Å². The van der Waals surface area contributed by atoms with Crippen LogP contribution in [0.4, 0.5) is 5.69 Å². The first-order chi connectivity index (χ1) is 15.1. The summed E-state index contributed by atoms with van der Waals surface area (Å²) in [4.78, 5) is 19.7. The number of carbonyl (C=O) groups is 1. The number of hydrogen-bond acceptors (Lipinski definition) is 4. The second kappa shape index (κ2) is 9.45. The van der Waals surface area contributed by atoms with E-state index >= 15 is 0 Å². The lowest BCUT2D eigenvalue weighted by atomic mass is 10.0. The summed E-state index contributed by atoms with van der Waals surface area (Å²) in [7, 11) is 1.95. The fourth-order valence-corrected chi connectivity index (χ4v) is 3.51. The van der Waals surface area contributed by atoms with Crippen molar-refractivity contribution in [1.82, 2.24) is 14.3 Å². The van der Waals surface area contributed by atoms with Gasteiger partial charge in [-0.15, -0.1) is 0 Å². The van der Waals surface area contributed by atoms with Crippen molar-refractivity contribution in [3.8, 4) is 5.75 Å². The molecule has 2 heterocycles. The van der Waals surface area contributed by atoms with Crippen molar-refractivity contribution in [2.45, 2.75) is 19.6 Å². The molecule has 4 rings (SSSR count). The van der Waals surface area contributed by atoms with Crippen LogP contribution >= 0.6 is 0 Å². The quantitative estimate of drug-likeness (QED) is 0.460. The average molecular weight is 415 g/mol. The van der Waals surface area contributed by atoms with Crippen molar-refractivity contribution in [2.75, 3.05) is 18.9 Å². The number of nitrogens with zero attached hydrogens (tertiary/aromatic N) is 3. The second-order valence-corrected chi connectivity index (χ2v) is 7.39. The van der Waals surface area contributed by atoms with Crippen molar-refractivity contribution in [1.29, 1.82) is 0 Å². The van der Waals surface area contributed by atoms with E-state index in [1.54, 1.807) is 0 Å². The minimum atomic E-state index is -0.367. The van der Waals surface area contributed by atoms with Crippen LogP contribution in [0.1, 0.15) is 24.2 Å². The number of rotatable bonds is 8. The van der Waals surface area contributed by atoms with E-state index in [1.807, 2.05) is 108 Å². The monoisotopic (exact) mass is 414 g/mol. The maximum atomic E-state index is 13.1. The Morgan fingerprint density at radius 2 is 1.90 bits per heavy atom. The number of aromatic nitrogens is 2. The largest absolute Gasteiger partial charge is 0.487 e. The molecule has 4 aromatic rings. The first kappa shape index (κ1) is 20.6. The zero-order valence-corrected chi connectivity index (χ0v) is 17.7. The number of pyridine rings is 1. The lowest BCUT2D eigenvalue weighted by Crippen LogP contribution is -2.34. The molecule has 31 heavy (non-hydrogen) atoms. The first-order valence-corrected chi connectivity index (χ1v) is 10.4. The molecule has 1 N–H and O–H groups in total. The highest BCUT2D eigenvalue weighted by Gasteiger charge is 2.24. The topological polar surface area (TPSA) is 58.9 Å². The van der Waals surface area contributed by atoms with Gasteiger partial charge in [0.1, 0.15) is 24.0 Å². The minimum Gasteiger partial charge on any atom is -0.487 e. The lowest BCUT2D eigenvalue weighted by molar-refractivity contribution is -0.121. The number of amides is 1. The number of nitrogens with one attached hydrogen (secondary N) is 1. The van der Waals surface area contributed by atoms with Crippen LogP contribution in [0, 0.1) is 0 Å². The number of hydrogen-bond donors (Lipinski definition) is 1. The molecule has 1 amide bonds. The molecule has 6 heteroatoms. The zero-order valence-electron chi connectivity index (χ0n) is 17.7. The van der Waals surface area contributed by atoms with E-state index in [4.69, 9.17) is 4.74 Å². The number of likely N-dealkylation sites (N-methyl/N-ethyl adjacent to an activating group) is 1. The van der Waals surface area contributed by atoms with Gasteiger partial charge in [-0.25, -0.2) is 4.98 Å². The van der Waals surface area contributed by atoms with E-state index in [-0.39, 0.29) is 11.9 Å². The third-order valence-corrected chi connectivity index (χ3v) is 5.21. The van der Waals surface area contributed by atoms with Gasteiger partial charge in [0, 0.05) is 24.1 Å². The molecule has 1 atom stereocenters. The predicted molar refractivity (Wildman–Crippen MR) is 122 cm³/mol. The Balaban J connectivity index is 1.45. The van der Waals surface area contributed by atoms with Gasteiger partial charge in [-0.1, -0.05) is 49.4 Å². The molecule has 0 aliphatic rings. The summed E-state index contributed by atoms with van der Waals surface area (Å²) in [6.45, 7) is 3.15. The number of benzene rings is 2. The van der Waals surface area contributed by atoms with Crippen LogP contribution in [0.5, 0.6) is 5.75 Å². The van der Waals surface area contributed by atoms with Crippen molar-refractivity contribution in [2.24, 2.45) is 0 Å². The number of imidazole rings is 1. The molecule has 1 unspecified atom stereocenters. The smallest absolute Gasteiger partial charge is 0.246 e. The van der Waals surface area contributed by atoms with E-state index in [9.17, 15) is 4.79 Å². The molecule has 2 aromatic heterocycles. The SMILES string of the molecule is CCN(C)C(C(=O)Nc1cccc(OCc2cn3ccccc3n2)c1)c1ccccc1. The van der Waals surface area contributed by atoms with Crippen LogP contribution < -0.4 is 10.1 Å². The Hall–Kier alpha value is -3.64. The Labute approximate surface area is 182 Å². The predicted octanol–water partition coefficient (Wildman–Crippen LogP) is 4.54. The molecular weight excluding hydrogens is 388 g/mol. The summed E-state index contributed by atoms with van der Waals surface area (Å²) < 4.78 is 7.88. The van der Waals surface area contributed by atoms with E-state index in [0.717, 1.165) is 23.4 Å². The van der Waals surface area contributed by atoms with Gasteiger partial charge in [-0.3, -0.25) is 9.69 Å². The van der Waals surface area contributed by atoms with Gasteiger partial charge in [0.15, 0.2) is 0 Å². The van der Waals surface area contributed by atoms with Crippen LogP contribution in [-0.2, 0) is 11.4 Å². The highest BCUT2D eigenvalue weighted by atomic mass is 16.5. The van der Waals surface area contributed by atoms with E-state index in [0.29, 0.717) is 18.0 Å². The fraction of sp³-hybridized carbons (Fsp3) is 0.200. The zero-order chi connectivity index (χ0) is 21.6. The lowest BCUT2D eigenvalue weighted by Gasteiger charge is -2.26. The van der Waals surface area contributed by atoms with Crippen LogP contribution in [0.2, 0.25) is 0 Å². The Kier molecular flexibility index (Phi) is 6.29. The molecule has 0 fully saturated rings. The number of ether oxygens (including phenoxy) is 1. The Bertz CT molecular complexity index is 1120. The van der Waals surface area contributed by atoms with Gasteiger partial charge in [-0.05, 0) is 43.4 Å². The Morgan fingerprint density at radius 3 is 2.68 bits per heavy atom. The third kappa shape index (κ3) is 4.92. The summed E-state index contributed by atoms with van der Waals surface area (Å²) in [5.74, 6) is 0.600. The molecule has 0 bridgehead atoms. The van der Waals surface area contributed by atoms with Crippen LogP contribution in [0.15, 0.2) is 85.2 Å².